The molecule has 0 radical (unpaired) electrons. The predicted octanol–water partition coefficient (Wildman–Crippen LogP) is 1.70. The Hall–Kier alpha value is -1.75. The van der Waals surface area contributed by atoms with Gasteiger partial charge in [-0.1, -0.05) is 6.07 Å². The molecular weight excluding hydrogens is 256 g/mol. The number of hydrogen-bond donors (Lipinski definition) is 3. The molecule has 1 heterocycles. The smallest absolute Gasteiger partial charge is 0.261 e. The lowest BCUT2D eigenvalue weighted by Crippen LogP contribution is -2.44. The Morgan fingerprint density at radius 3 is 2.55 bits per heavy atom. The van der Waals surface area contributed by atoms with Crippen molar-refractivity contribution in [1.82, 2.24) is 10.2 Å². The summed E-state index contributed by atoms with van der Waals surface area (Å²) >= 11 is 0. The molecule has 1 fully saturated rings. The van der Waals surface area contributed by atoms with Crippen LogP contribution in [0, 0.1) is 0 Å². The number of aromatic hydroxyl groups is 2. The highest BCUT2D eigenvalue weighted by Gasteiger charge is 2.27. The molecule has 0 bridgehead atoms. The Bertz CT molecular complexity index is 462. The van der Waals surface area contributed by atoms with Crippen molar-refractivity contribution in [2.24, 2.45) is 0 Å². The molecule has 1 atom stereocenters. The average molecular weight is 278 g/mol. The van der Waals surface area contributed by atoms with E-state index in [1.54, 1.807) is 4.90 Å². The number of hydrogen-bond acceptors (Lipinski definition) is 4. The number of nitrogens with one attached hydrogen (secondary N) is 1. The molecule has 5 heteroatoms. The minimum absolute atomic E-state index is 0.00362. The summed E-state index contributed by atoms with van der Waals surface area (Å²) in [6.45, 7) is 5.44. The highest BCUT2D eigenvalue weighted by Crippen LogP contribution is 2.28. The third-order valence-electron chi connectivity index (χ3n) is 3.70. The Labute approximate surface area is 119 Å². The summed E-state index contributed by atoms with van der Waals surface area (Å²) in [4.78, 5) is 14.3. The van der Waals surface area contributed by atoms with Gasteiger partial charge in [0.15, 0.2) is 0 Å². The molecule has 0 aromatic heterocycles. The summed E-state index contributed by atoms with van der Waals surface area (Å²) in [6, 6.07) is 4.64. The van der Waals surface area contributed by atoms with Crippen LogP contribution in [0.2, 0.25) is 0 Å². The summed E-state index contributed by atoms with van der Waals surface area (Å²) in [5.41, 5.74) is -0.0146. The molecule has 1 saturated heterocycles. The molecule has 110 valence electrons. The van der Waals surface area contributed by atoms with E-state index in [2.05, 4.69) is 5.32 Å². The zero-order valence-corrected chi connectivity index (χ0v) is 12.0. The van der Waals surface area contributed by atoms with Gasteiger partial charge in [-0.3, -0.25) is 4.79 Å². The Kier molecular flexibility index (Phi) is 4.49. The summed E-state index contributed by atoms with van der Waals surface area (Å²) in [7, 11) is 0. The maximum absolute atomic E-state index is 12.6. The van der Waals surface area contributed by atoms with E-state index in [1.807, 2.05) is 13.8 Å². The zero-order chi connectivity index (χ0) is 14.7. The zero-order valence-electron chi connectivity index (χ0n) is 12.0. The van der Waals surface area contributed by atoms with Crippen LogP contribution >= 0.6 is 0 Å². The highest BCUT2D eigenvalue weighted by atomic mass is 16.3. The monoisotopic (exact) mass is 278 g/mol. The van der Waals surface area contributed by atoms with Crippen molar-refractivity contribution in [3.05, 3.63) is 23.8 Å². The fourth-order valence-electron chi connectivity index (χ4n) is 2.57. The maximum atomic E-state index is 12.6. The lowest BCUT2D eigenvalue weighted by molar-refractivity contribution is 0.0683. The van der Waals surface area contributed by atoms with Crippen molar-refractivity contribution in [3.8, 4) is 11.5 Å². The van der Waals surface area contributed by atoms with E-state index in [0.29, 0.717) is 6.54 Å². The molecule has 1 aliphatic heterocycles. The summed E-state index contributed by atoms with van der Waals surface area (Å²) < 4.78 is 0. The molecule has 5 nitrogen and oxygen atoms in total. The van der Waals surface area contributed by atoms with Crippen LogP contribution in [0.4, 0.5) is 0 Å². The number of rotatable bonds is 4. The van der Waals surface area contributed by atoms with E-state index < -0.39 is 0 Å². The van der Waals surface area contributed by atoms with Gasteiger partial charge in [-0.2, -0.15) is 0 Å². The number of benzene rings is 1. The standard InChI is InChI=1S/C15H22N2O3/c1-10(2)17(9-11-5-4-8-16-11)15(20)14-12(18)6-3-7-13(14)19/h3,6-7,10-11,16,18-19H,4-5,8-9H2,1-2H3. The van der Waals surface area contributed by atoms with Gasteiger partial charge in [0, 0.05) is 18.6 Å². The van der Waals surface area contributed by atoms with E-state index in [4.69, 9.17) is 0 Å². The van der Waals surface area contributed by atoms with Crippen molar-refractivity contribution >= 4 is 5.91 Å². The Balaban J connectivity index is 2.22. The normalized spacial score (nSPS) is 18.4. The van der Waals surface area contributed by atoms with E-state index >= 15 is 0 Å². The molecule has 1 amide bonds. The number of phenols is 2. The molecule has 20 heavy (non-hydrogen) atoms. The molecule has 1 aromatic rings. The minimum atomic E-state index is -0.329. The first-order valence-corrected chi connectivity index (χ1v) is 7.06. The van der Waals surface area contributed by atoms with Gasteiger partial charge in [0.1, 0.15) is 17.1 Å². The molecule has 1 aromatic carbocycles. The third-order valence-corrected chi connectivity index (χ3v) is 3.70. The van der Waals surface area contributed by atoms with Crippen molar-refractivity contribution < 1.29 is 15.0 Å². The summed E-state index contributed by atoms with van der Waals surface area (Å²) in [5.74, 6) is -0.690. The largest absolute Gasteiger partial charge is 0.507 e. The van der Waals surface area contributed by atoms with Crippen LogP contribution in [0.1, 0.15) is 37.0 Å². The quantitative estimate of drug-likeness (QED) is 0.784. The second-order valence-corrected chi connectivity index (χ2v) is 5.52. The molecule has 0 aliphatic carbocycles. The number of nitrogens with zero attached hydrogens (tertiary/aromatic N) is 1. The molecule has 1 aliphatic rings. The van der Waals surface area contributed by atoms with Gasteiger partial charge in [0.25, 0.3) is 5.91 Å². The van der Waals surface area contributed by atoms with Crippen LogP contribution in [-0.4, -0.2) is 46.2 Å². The first-order chi connectivity index (χ1) is 9.50. The number of carbonyl (C=O) groups excluding carboxylic acids is 1. The lowest BCUT2D eigenvalue weighted by Gasteiger charge is -2.30. The molecule has 3 N–H and O–H groups in total. The van der Waals surface area contributed by atoms with Crippen molar-refractivity contribution in [2.45, 2.75) is 38.8 Å². The van der Waals surface area contributed by atoms with Gasteiger partial charge in [-0.15, -0.1) is 0 Å². The van der Waals surface area contributed by atoms with Gasteiger partial charge in [-0.05, 0) is 45.4 Å². The van der Waals surface area contributed by atoms with Crippen LogP contribution in [0.3, 0.4) is 0 Å². The fraction of sp³-hybridized carbons (Fsp3) is 0.533. The predicted molar refractivity (Wildman–Crippen MR) is 77.0 cm³/mol. The van der Waals surface area contributed by atoms with Crippen molar-refractivity contribution in [3.63, 3.8) is 0 Å². The minimum Gasteiger partial charge on any atom is -0.507 e. The Morgan fingerprint density at radius 1 is 1.40 bits per heavy atom. The van der Waals surface area contributed by atoms with E-state index in [-0.39, 0.29) is 35.1 Å². The highest BCUT2D eigenvalue weighted by molar-refractivity contribution is 5.99. The summed E-state index contributed by atoms with van der Waals surface area (Å²) in [5, 5.41) is 23.0. The fourth-order valence-corrected chi connectivity index (χ4v) is 2.57. The molecule has 0 spiro atoms. The number of carbonyl (C=O) groups is 1. The summed E-state index contributed by atoms with van der Waals surface area (Å²) in [6.07, 6.45) is 2.16. The van der Waals surface area contributed by atoms with Crippen LogP contribution in [0.25, 0.3) is 0 Å². The van der Waals surface area contributed by atoms with E-state index in [0.717, 1.165) is 19.4 Å². The molecule has 1 unspecified atom stereocenters. The molecule has 0 saturated carbocycles. The second-order valence-electron chi connectivity index (χ2n) is 5.52. The van der Waals surface area contributed by atoms with E-state index in [1.165, 1.54) is 18.2 Å². The number of phenolic OH excluding ortho intramolecular Hbond substituents is 2. The lowest BCUT2D eigenvalue weighted by atomic mass is 10.1. The van der Waals surface area contributed by atoms with Gasteiger partial charge < -0.3 is 20.4 Å². The van der Waals surface area contributed by atoms with Gasteiger partial charge in [0.2, 0.25) is 0 Å². The molecule has 2 rings (SSSR count). The Morgan fingerprint density at radius 2 is 2.05 bits per heavy atom. The third kappa shape index (κ3) is 3.04. The van der Waals surface area contributed by atoms with Crippen LogP contribution in [0.5, 0.6) is 11.5 Å². The second kappa shape index (κ2) is 6.13. The molecular formula is C15H22N2O3. The van der Waals surface area contributed by atoms with Crippen molar-refractivity contribution in [2.75, 3.05) is 13.1 Å². The van der Waals surface area contributed by atoms with Gasteiger partial charge >= 0.3 is 0 Å². The van der Waals surface area contributed by atoms with Crippen LogP contribution < -0.4 is 5.32 Å². The van der Waals surface area contributed by atoms with Gasteiger partial charge in [0.05, 0.1) is 0 Å². The average Bonchev–Trinajstić information content (AvgIpc) is 2.88. The topological polar surface area (TPSA) is 72.8 Å². The first kappa shape index (κ1) is 14.7. The van der Waals surface area contributed by atoms with Crippen LogP contribution in [-0.2, 0) is 0 Å². The van der Waals surface area contributed by atoms with Crippen molar-refractivity contribution in [1.29, 1.82) is 0 Å². The maximum Gasteiger partial charge on any atom is 0.261 e. The van der Waals surface area contributed by atoms with Crippen LogP contribution in [0.15, 0.2) is 18.2 Å². The first-order valence-electron chi connectivity index (χ1n) is 7.06. The van der Waals surface area contributed by atoms with E-state index in [9.17, 15) is 15.0 Å². The number of amides is 1. The SMILES string of the molecule is CC(C)N(CC1CCCN1)C(=O)c1c(O)cccc1O. The van der Waals surface area contributed by atoms with Gasteiger partial charge in [-0.25, -0.2) is 0 Å².